The maximum Gasteiger partial charge on any atom is 0.573 e. The Hall–Kier alpha value is -3.11. The molecular weight excluding hydrogens is 405 g/mol. The van der Waals surface area contributed by atoms with E-state index in [4.69, 9.17) is 4.52 Å². The normalized spacial score (nSPS) is 19.5. The van der Waals surface area contributed by atoms with Gasteiger partial charge in [0.05, 0.1) is 0 Å². The number of aryl methyl sites for hydroxylation is 1. The molecule has 1 aliphatic rings. The van der Waals surface area contributed by atoms with Crippen molar-refractivity contribution in [3.63, 3.8) is 0 Å². The number of amides is 3. The molecule has 3 rings (SSSR count). The number of carbonyl (C=O) groups excluding carboxylic acids is 2. The molecule has 1 N–H and O–H groups in total. The van der Waals surface area contributed by atoms with Crippen LogP contribution < -0.4 is 10.1 Å². The molecule has 1 unspecified atom stereocenters. The second-order valence-corrected chi connectivity index (χ2v) is 7.56. The molecule has 162 valence electrons. The molecule has 0 spiro atoms. The predicted molar refractivity (Wildman–Crippen MR) is 97.0 cm³/mol. The molecule has 3 amide bonds. The van der Waals surface area contributed by atoms with Crippen molar-refractivity contribution in [1.82, 2.24) is 20.4 Å². The first-order chi connectivity index (χ1) is 14.0. The first-order valence-corrected chi connectivity index (χ1v) is 9.30. The van der Waals surface area contributed by atoms with E-state index in [2.05, 4.69) is 34.0 Å². The number of hydrogen-bond donors (Lipinski definition) is 1. The molecule has 1 aromatic heterocycles. The van der Waals surface area contributed by atoms with Gasteiger partial charge in [0.2, 0.25) is 5.89 Å². The fourth-order valence-electron chi connectivity index (χ4n) is 3.04. The highest BCUT2D eigenvalue weighted by atomic mass is 19.4. The van der Waals surface area contributed by atoms with Gasteiger partial charge < -0.3 is 14.6 Å². The second kappa shape index (κ2) is 7.96. The summed E-state index contributed by atoms with van der Waals surface area (Å²) >= 11 is 0. The number of nitrogens with zero attached hydrogens (tertiary/aromatic N) is 3. The zero-order chi connectivity index (χ0) is 22.1. The molecule has 0 aliphatic carbocycles. The number of aromatic nitrogens is 2. The molecule has 8 nitrogen and oxygen atoms in total. The van der Waals surface area contributed by atoms with Gasteiger partial charge in [-0.3, -0.25) is 9.69 Å². The van der Waals surface area contributed by atoms with Crippen LogP contribution in [0.25, 0.3) is 0 Å². The third-order valence-electron chi connectivity index (χ3n) is 4.69. The van der Waals surface area contributed by atoms with E-state index in [1.165, 1.54) is 19.1 Å². The predicted octanol–water partition coefficient (Wildman–Crippen LogP) is 3.52. The van der Waals surface area contributed by atoms with Crippen LogP contribution in [0.4, 0.5) is 18.0 Å². The standard InChI is InChI=1S/C19H21F3N4O4/c1-11(2)4-9-14-23-15(30-25-14)10-26-16(27)18(3,24-17(26)28)12-5-7-13(8-6-12)29-19(20,21)22/h5-8,11H,4,9-10H2,1-3H3,(H,24,28). The van der Waals surface area contributed by atoms with E-state index in [1.54, 1.807) is 0 Å². The summed E-state index contributed by atoms with van der Waals surface area (Å²) in [6.07, 6.45) is -3.34. The summed E-state index contributed by atoms with van der Waals surface area (Å²) in [5, 5.41) is 6.42. The second-order valence-electron chi connectivity index (χ2n) is 7.56. The highest BCUT2D eigenvalue weighted by Crippen LogP contribution is 2.32. The summed E-state index contributed by atoms with van der Waals surface area (Å²) in [5.41, 5.74) is -1.14. The van der Waals surface area contributed by atoms with Crippen molar-refractivity contribution in [2.24, 2.45) is 5.92 Å². The number of carbonyl (C=O) groups is 2. The molecule has 1 saturated heterocycles. The first-order valence-electron chi connectivity index (χ1n) is 9.30. The molecule has 1 fully saturated rings. The molecule has 30 heavy (non-hydrogen) atoms. The minimum Gasteiger partial charge on any atom is -0.406 e. The Bertz CT molecular complexity index is 927. The van der Waals surface area contributed by atoms with Gasteiger partial charge in [0, 0.05) is 6.42 Å². The summed E-state index contributed by atoms with van der Waals surface area (Å²) in [6.45, 7) is 5.40. The van der Waals surface area contributed by atoms with Crippen molar-refractivity contribution in [3.8, 4) is 5.75 Å². The summed E-state index contributed by atoms with van der Waals surface area (Å²) in [7, 11) is 0. The lowest BCUT2D eigenvalue weighted by molar-refractivity contribution is -0.274. The molecule has 2 heterocycles. The van der Waals surface area contributed by atoms with Crippen molar-refractivity contribution in [2.45, 2.75) is 52.1 Å². The van der Waals surface area contributed by atoms with Crippen LogP contribution in [0.2, 0.25) is 0 Å². The van der Waals surface area contributed by atoms with E-state index in [0.717, 1.165) is 23.5 Å². The van der Waals surface area contributed by atoms with Crippen LogP contribution in [0.1, 0.15) is 44.5 Å². The maximum absolute atomic E-state index is 12.9. The van der Waals surface area contributed by atoms with Gasteiger partial charge in [-0.05, 0) is 37.0 Å². The molecule has 11 heteroatoms. The molecule has 0 bridgehead atoms. The van der Waals surface area contributed by atoms with E-state index < -0.39 is 29.6 Å². The van der Waals surface area contributed by atoms with Crippen LogP contribution in [0, 0.1) is 5.92 Å². The zero-order valence-corrected chi connectivity index (χ0v) is 16.6. The Morgan fingerprint density at radius 3 is 2.50 bits per heavy atom. The number of nitrogens with one attached hydrogen (secondary N) is 1. The van der Waals surface area contributed by atoms with Gasteiger partial charge in [0.25, 0.3) is 5.91 Å². The molecular formula is C19H21F3N4O4. The number of alkyl halides is 3. The SMILES string of the molecule is CC(C)CCc1noc(CN2C(=O)NC(C)(c3ccc(OC(F)(F)F)cc3)C2=O)n1. The average Bonchev–Trinajstić information content (AvgIpc) is 3.18. The Morgan fingerprint density at radius 2 is 1.90 bits per heavy atom. The van der Waals surface area contributed by atoms with Crippen LogP contribution in [0.5, 0.6) is 5.75 Å². The van der Waals surface area contributed by atoms with Gasteiger partial charge in [-0.2, -0.15) is 4.98 Å². The van der Waals surface area contributed by atoms with Crippen molar-refractivity contribution in [2.75, 3.05) is 0 Å². The fraction of sp³-hybridized carbons (Fsp3) is 0.474. The van der Waals surface area contributed by atoms with Crippen LogP contribution in [-0.2, 0) is 23.3 Å². The van der Waals surface area contributed by atoms with Gasteiger partial charge in [0.1, 0.15) is 17.8 Å². The lowest BCUT2D eigenvalue weighted by Gasteiger charge is -2.22. The Morgan fingerprint density at radius 1 is 1.23 bits per heavy atom. The van der Waals surface area contributed by atoms with Crippen molar-refractivity contribution in [3.05, 3.63) is 41.5 Å². The maximum atomic E-state index is 12.9. The monoisotopic (exact) mass is 426 g/mol. The smallest absolute Gasteiger partial charge is 0.406 e. The van der Waals surface area contributed by atoms with E-state index >= 15 is 0 Å². The van der Waals surface area contributed by atoms with Gasteiger partial charge in [-0.25, -0.2) is 4.79 Å². The van der Waals surface area contributed by atoms with E-state index in [1.807, 2.05) is 0 Å². The Labute approximate surface area is 170 Å². The third kappa shape index (κ3) is 4.71. The highest BCUT2D eigenvalue weighted by Gasteiger charge is 2.49. The van der Waals surface area contributed by atoms with Gasteiger partial charge in [-0.15, -0.1) is 13.2 Å². The van der Waals surface area contributed by atoms with Crippen LogP contribution >= 0.6 is 0 Å². The number of imide groups is 1. The van der Waals surface area contributed by atoms with E-state index in [-0.39, 0.29) is 12.4 Å². The average molecular weight is 426 g/mol. The number of ether oxygens (including phenoxy) is 1. The number of halogens is 3. The van der Waals surface area contributed by atoms with Crippen molar-refractivity contribution >= 4 is 11.9 Å². The number of urea groups is 1. The van der Waals surface area contributed by atoms with Gasteiger partial charge in [-0.1, -0.05) is 31.1 Å². The topological polar surface area (TPSA) is 97.6 Å². The number of hydrogen-bond acceptors (Lipinski definition) is 6. The van der Waals surface area contributed by atoms with E-state index in [9.17, 15) is 22.8 Å². The molecule has 1 atom stereocenters. The Balaban J connectivity index is 1.72. The number of rotatable bonds is 7. The Kier molecular flexibility index (Phi) is 5.73. The summed E-state index contributed by atoms with van der Waals surface area (Å²) in [6, 6.07) is 4.07. The van der Waals surface area contributed by atoms with E-state index in [0.29, 0.717) is 23.7 Å². The minimum absolute atomic E-state index is 0.121. The van der Waals surface area contributed by atoms with Gasteiger partial charge >= 0.3 is 12.4 Å². The zero-order valence-electron chi connectivity index (χ0n) is 16.6. The first kappa shape index (κ1) is 21.6. The summed E-state index contributed by atoms with van der Waals surface area (Å²) in [4.78, 5) is 30.4. The highest BCUT2D eigenvalue weighted by molar-refractivity contribution is 6.07. The lowest BCUT2D eigenvalue weighted by Crippen LogP contribution is -2.40. The molecule has 1 aliphatic heterocycles. The number of benzene rings is 1. The molecule has 0 radical (unpaired) electrons. The molecule has 1 aromatic carbocycles. The summed E-state index contributed by atoms with van der Waals surface area (Å²) in [5.74, 6) is 0.0675. The van der Waals surface area contributed by atoms with Crippen LogP contribution in [0.3, 0.4) is 0 Å². The van der Waals surface area contributed by atoms with Crippen LogP contribution in [-0.4, -0.2) is 33.3 Å². The van der Waals surface area contributed by atoms with Crippen molar-refractivity contribution < 1.29 is 32.0 Å². The quantitative estimate of drug-likeness (QED) is 0.681. The fourth-order valence-corrected chi connectivity index (χ4v) is 3.04. The molecule has 0 saturated carbocycles. The van der Waals surface area contributed by atoms with Crippen LogP contribution in [0.15, 0.2) is 28.8 Å². The third-order valence-corrected chi connectivity index (χ3v) is 4.69. The van der Waals surface area contributed by atoms with Crippen molar-refractivity contribution in [1.29, 1.82) is 0 Å². The van der Waals surface area contributed by atoms with Gasteiger partial charge in [0.15, 0.2) is 5.82 Å². The lowest BCUT2D eigenvalue weighted by atomic mass is 9.92. The largest absolute Gasteiger partial charge is 0.573 e. The minimum atomic E-state index is -4.82. The molecule has 2 aromatic rings. The summed E-state index contributed by atoms with van der Waals surface area (Å²) < 4.78 is 45.9.